The summed E-state index contributed by atoms with van der Waals surface area (Å²) in [5.41, 5.74) is -0.336. The summed E-state index contributed by atoms with van der Waals surface area (Å²) < 4.78 is 0. The Labute approximate surface area is 113 Å². The summed E-state index contributed by atoms with van der Waals surface area (Å²) in [5, 5.41) is 13.5. The lowest BCUT2D eigenvalue weighted by Gasteiger charge is -2.27. The highest BCUT2D eigenvalue weighted by Crippen LogP contribution is 2.32. The van der Waals surface area contributed by atoms with Crippen LogP contribution in [0.2, 0.25) is 0 Å². The van der Waals surface area contributed by atoms with Crippen molar-refractivity contribution < 1.29 is 9.72 Å². The summed E-state index contributed by atoms with van der Waals surface area (Å²) >= 11 is 6.82. The van der Waals surface area contributed by atoms with Crippen LogP contribution < -0.4 is 5.32 Å². The van der Waals surface area contributed by atoms with Gasteiger partial charge in [-0.25, -0.2) is 0 Å². The zero-order chi connectivity index (χ0) is 13.2. The molecule has 0 radical (unpaired) electrons. The molecule has 7 heteroatoms. The van der Waals surface area contributed by atoms with Crippen LogP contribution in [0.1, 0.15) is 35.4 Å². The second-order valence-corrected chi connectivity index (χ2v) is 5.80. The van der Waals surface area contributed by atoms with Crippen LogP contribution in [0.4, 0.5) is 5.00 Å². The molecule has 1 aliphatic carbocycles. The molecule has 0 unspecified atom stereocenters. The molecule has 0 spiro atoms. The number of carbonyl (C=O) groups excluding carboxylic acids is 1. The molecule has 98 valence electrons. The molecule has 1 fully saturated rings. The lowest BCUT2D eigenvalue weighted by molar-refractivity contribution is -0.380. The summed E-state index contributed by atoms with van der Waals surface area (Å²) in [7, 11) is 0. The standard InChI is InChI=1S/C11H13ClN2O3S/c12-7-11(5-1-2-6-11)13-10(15)8-3-4-9(18-8)14(16)17/h3-4H,1-2,5-7H2,(H,13,15). The predicted octanol–water partition coefficient (Wildman–Crippen LogP) is 2.94. The highest BCUT2D eigenvalue weighted by molar-refractivity contribution is 7.17. The number of nitrogens with one attached hydrogen (secondary N) is 1. The van der Waals surface area contributed by atoms with Gasteiger partial charge >= 0.3 is 5.00 Å². The van der Waals surface area contributed by atoms with Crippen LogP contribution in [0.15, 0.2) is 12.1 Å². The maximum Gasteiger partial charge on any atom is 0.324 e. The number of hydrogen-bond acceptors (Lipinski definition) is 4. The summed E-state index contributed by atoms with van der Waals surface area (Å²) in [6.45, 7) is 0. The fraction of sp³-hybridized carbons (Fsp3) is 0.545. The number of rotatable bonds is 4. The SMILES string of the molecule is O=C(NC1(CCl)CCCC1)c1ccc([N+](=O)[O-])s1. The molecule has 1 aliphatic rings. The summed E-state index contributed by atoms with van der Waals surface area (Å²) in [6.07, 6.45) is 3.85. The summed E-state index contributed by atoms with van der Waals surface area (Å²) in [5.74, 6) is 0.113. The van der Waals surface area contributed by atoms with Crippen LogP contribution in [0.25, 0.3) is 0 Å². The van der Waals surface area contributed by atoms with E-state index >= 15 is 0 Å². The molecular formula is C11H13ClN2O3S. The van der Waals surface area contributed by atoms with E-state index in [1.165, 1.54) is 12.1 Å². The monoisotopic (exact) mass is 288 g/mol. The van der Waals surface area contributed by atoms with Crippen LogP contribution in [0.3, 0.4) is 0 Å². The Morgan fingerprint density at radius 1 is 1.50 bits per heavy atom. The van der Waals surface area contributed by atoms with E-state index in [1.54, 1.807) is 0 Å². The molecule has 0 atom stereocenters. The minimum absolute atomic E-state index is 0.0218. The first-order chi connectivity index (χ1) is 8.56. The second kappa shape index (κ2) is 5.24. The molecule has 1 amide bonds. The molecular weight excluding hydrogens is 276 g/mol. The van der Waals surface area contributed by atoms with Gasteiger partial charge in [0, 0.05) is 11.9 Å². The Morgan fingerprint density at radius 2 is 2.17 bits per heavy atom. The molecule has 18 heavy (non-hydrogen) atoms. The van der Waals surface area contributed by atoms with Crippen LogP contribution in [0, 0.1) is 10.1 Å². The average molecular weight is 289 g/mol. The van der Waals surface area contributed by atoms with Gasteiger partial charge in [-0.1, -0.05) is 24.2 Å². The van der Waals surface area contributed by atoms with Gasteiger partial charge in [-0.05, 0) is 18.9 Å². The first kappa shape index (κ1) is 13.3. The minimum Gasteiger partial charge on any atom is -0.345 e. The van der Waals surface area contributed by atoms with Crippen molar-refractivity contribution >= 4 is 33.8 Å². The van der Waals surface area contributed by atoms with Crippen LogP contribution >= 0.6 is 22.9 Å². The smallest absolute Gasteiger partial charge is 0.324 e. The molecule has 1 heterocycles. The fourth-order valence-electron chi connectivity index (χ4n) is 2.19. The molecule has 0 bridgehead atoms. The van der Waals surface area contributed by atoms with Crippen LogP contribution in [-0.2, 0) is 0 Å². The van der Waals surface area contributed by atoms with Crippen molar-refractivity contribution in [3.63, 3.8) is 0 Å². The van der Waals surface area contributed by atoms with Crippen molar-refractivity contribution in [2.75, 3.05) is 5.88 Å². The molecule has 1 aromatic heterocycles. The van der Waals surface area contributed by atoms with Gasteiger partial charge in [-0.2, -0.15) is 0 Å². The van der Waals surface area contributed by atoms with Gasteiger partial charge < -0.3 is 5.32 Å². The summed E-state index contributed by atoms with van der Waals surface area (Å²) in [6, 6.07) is 2.83. The molecule has 1 N–H and O–H groups in total. The van der Waals surface area contributed by atoms with Gasteiger partial charge in [0.2, 0.25) is 0 Å². The van der Waals surface area contributed by atoms with Crippen molar-refractivity contribution in [1.82, 2.24) is 5.32 Å². The number of thiophene rings is 1. The minimum atomic E-state index is -0.492. The molecule has 0 aromatic carbocycles. The summed E-state index contributed by atoms with van der Waals surface area (Å²) in [4.78, 5) is 22.5. The van der Waals surface area contributed by atoms with Gasteiger partial charge in [0.1, 0.15) is 0 Å². The zero-order valence-electron chi connectivity index (χ0n) is 9.65. The van der Waals surface area contributed by atoms with Gasteiger partial charge in [0.15, 0.2) is 0 Å². The highest BCUT2D eigenvalue weighted by Gasteiger charge is 2.35. The normalized spacial score (nSPS) is 17.6. The number of carbonyl (C=O) groups is 1. The second-order valence-electron chi connectivity index (χ2n) is 4.47. The first-order valence-electron chi connectivity index (χ1n) is 5.69. The fourth-order valence-corrected chi connectivity index (χ4v) is 3.24. The van der Waals surface area contributed by atoms with E-state index in [-0.39, 0.29) is 16.4 Å². The van der Waals surface area contributed by atoms with Crippen molar-refractivity contribution in [3.05, 3.63) is 27.1 Å². The number of amides is 1. The third-order valence-corrected chi connectivity index (χ3v) is 4.74. The lowest BCUT2D eigenvalue weighted by Crippen LogP contribution is -2.47. The van der Waals surface area contributed by atoms with Crippen molar-refractivity contribution in [2.24, 2.45) is 0 Å². The van der Waals surface area contributed by atoms with E-state index in [0.29, 0.717) is 10.8 Å². The van der Waals surface area contributed by atoms with E-state index in [0.717, 1.165) is 37.0 Å². The number of nitro groups is 1. The molecule has 0 aliphatic heterocycles. The van der Waals surface area contributed by atoms with E-state index in [9.17, 15) is 14.9 Å². The highest BCUT2D eigenvalue weighted by atomic mass is 35.5. The largest absolute Gasteiger partial charge is 0.345 e. The molecule has 5 nitrogen and oxygen atoms in total. The Balaban J connectivity index is 2.09. The predicted molar refractivity (Wildman–Crippen MR) is 70.4 cm³/mol. The van der Waals surface area contributed by atoms with E-state index in [1.807, 2.05) is 0 Å². The molecule has 0 saturated heterocycles. The van der Waals surface area contributed by atoms with Gasteiger partial charge in [-0.15, -0.1) is 11.6 Å². The van der Waals surface area contributed by atoms with Crippen molar-refractivity contribution in [1.29, 1.82) is 0 Å². The van der Waals surface area contributed by atoms with E-state index < -0.39 is 4.92 Å². The zero-order valence-corrected chi connectivity index (χ0v) is 11.2. The van der Waals surface area contributed by atoms with Gasteiger partial charge in [-0.3, -0.25) is 14.9 Å². The number of hydrogen-bond donors (Lipinski definition) is 1. The van der Waals surface area contributed by atoms with Crippen molar-refractivity contribution in [2.45, 2.75) is 31.2 Å². The van der Waals surface area contributed by atoms with Crippen molar-refractivity contribution in [3.8, 4) is 0 Å². The Kier molecular flexibility index (Phi) is 3.87. The third-order valence-electron chi connectivity index (χ3n) is 3.19. The van der Waals surface area contributed by atoms with Gasteiger partial charge in [0.05, 0.1) is 15.3 Å². The Hall–Kier alpha value is -1.14. The first-order valence-corrected chi connectivity index (χ1v) is 7.04. The van der Waals surface area contributed by atoms with Gasteiger partial charge in [0.25, 0.3) is 5.91 Å². The Bertz CT molecular complexity index is 469. The van der Waals surface area contributed by atoms with Crippen LogP contribution in [-0.4, -0.2) is 22.2 Å². The Morgan fingerprint density at radius 3 is 2.67 bits per heavy atom. The molecule has 1 saturated carbocycles. The number of halogens is 1. The van der Waals surface area contributed by atoms with Crippen LogP contribution in [0.5, 0.6) is 0 Å². The number of alkyl halides is 1. The number of nitrogens with zero attached hydrogens (tertiary/aromatic N) is 1. The molecule has 2 rings (SSSR count). The average Bonchev–Trinajstić information content (AvgIpc) is 2.98. The topological polar surface area (TPSA) is 72.2 Å². The van der Waals surface area contributed by atoms with E-state index in [4.69, 9.17) is 11.6 Å². The quantitative estimate of drug-likeness (QED) is 0.526. The maximum absolute atomic E-state index is 12.0. The van der Waals surface area contributed by atoms with E-state index in [2.05, 4.69) is 5.32 Å². The third kappa shape index (κ3) is 2.64. The molecule has 1 aromatic rings. The maximum atomic E-state index is 12.0. The lowest BCUT2D eigenvalue weighted by atomic mass is 10.0.